The molecule has 1 aromatic rings. The van der Waals surface area contributed by atoms with Crippen molar-refractivity contribution < 1.29 is 9.47 Å². The number of nitrogens with zero attached hydrogens (tertiary/aromatic N) is 1. The van der Waals surface area contributed by atoms with Crippen LogP contribution < -0.4 is 10.5 Å². The van der Waals surface area contributed by atoms with Gasteiger partial charge in [-0.2, -0.15) is 0 Å². The predicted octanol–water partition coefficient (Wildman–Crippen LogP) is 2.90. The lowest BCUT2D eigenvalue weighted by molar-refractivity contribution is -0.0824. The molecular weight excluding hydrogens is 252 g/mol. The molecule has 0 bridgehead atoms. The van der Waals surface area contributed by atoms with E-state index in [-0.39, 0.29) is 5.60 Å². The minimum absolute atomic E-state index is 0.156. The van der Waals surface area contributed by atoms with Crippen molar-refractivity contribution in [2.24, 2.45) is 11.7 Å². The van der Waals surface area contributed by atoms with E-state index in [4.69, 9.17) is 15.2 Å². The monoisotopic (exact) mass is 278 g/mol. The normalized spacial score (nSPS) is 26.4. The molecule has 1 aromatic heterocycles. The Hall–Kier alpha value is -1.13. The highest BCUT2D eigenvalue weighted by atomic mass is 16.5. The third-order valence-electron chi connectivity index (χ3n) is 4.48. The Balaban J connectivity index is 1.93. The molecule has 1 saturated carbocycles. The maximum absolute atomic E-state index is 6.16. The smallest absolute Gasteiger partial charge is 0.213 e. The molecule has 2 rings (SSSR count). The summed E-state index contributed by atoms with van der Waals surface area (Å²) in [5, 5.41) is 0. The van der Waals surface area contributed by atoms with E-state index >= 15 is 0 Å². The number of rotatable bonds is 6. The number of ether oxygens (including phenoxy) is 2. The number of pyridine rings is 1. The Bertz CT molecular complexity index is 415. The van der Waals surface area contributed by atoms with Crippen molar-refractivity contribution in [3.63, 3.8) is 0 Å². The van der Waals surface area contributed by atoms with Crippen LogP contribution in [-0.2, 0) is 11.3 Å². The zero-order valence-electron chi connectivity index (χ0n) is 12.6. The first kappa shape index (κ1) is 15.3. The van der Waals surface area contributed by atoms with Crippen LogP contribution in [0.5, 0.6) is 5.88 Å². The average Bonchev–Trinajstić information content (AvgIpc) is 2.53. The first-order valence-corrected chi connectivity index (χ1v) is 7.55. The number of hydrogen-bond acceptors (Lipinski definition) is 4. The van der Waals surface area contributed by atoms with Gasteiger partial charge in [-0.15, -0.1) is 0 Å². The van der Waals surface area contributed by atoms with E-state index < -0.39 is 0 Å². The summed E-state index contributed by atoms with van der Waals surface area (Å²) in [7, 11) is 1.63. The van der Waals surface area contributed by atoms with E-state index in [1.165, 1.54) is 19.3 Å². The highest BCUT2D eigenvalue weighted by Crippen LogP contribution is 2.36. The van der Waals surface area contributed by atoms with Crippen molar-refractivity contribution in [3.8, 4) is 5.88 Å². The Labute approximate surface area is 121 Å². The molecule has 0 aliphatic heterocycles. The summed E-state index contributed by atoms with van der Waals surface area (Å²) < 4.78 is 11.3. The van der Waals surface area contributed by atoms with Gasteiger partial charge in [-0.1, -0.05) is 19.4 Å². The highest BCUT2D eigenvalue weighted by Gasteiger charge is 2.34. The molecule has 4 nitrogen and oxygen atoms in total. The fourth-order valence-corrected chi connectivity index (χ4v) is 2.90. The maximum atomic E-state index is 6.16. The second-order valence-corrected chi connectivity index (χ2v) is 5.70. The van der Waals surface area contributed by atoms with Gasteiger partial charge in [-0.3, -0.25) is 0 Å². The zero-order chi connectivity index (χ0) is 14.4. The lowest BCUT2D eigenvalue weighted by Crippen LogP contribution is -2.43. The van der Waals surface area contributed by atoms with Crippen LogP contribution in [0.25, 0.3) is 0 Å². The van der Waals surface area contributed by atoms with Crippen LogP contribution in [0.1, 0.15) is 44.7 Å². The van der Waals surface area contributed by atoms with Crippen molar-refractivity contribution in [2.45, 2.75) is 51.2 Å². The van der Waals surface area contributed by atoms with Crippen molar-refractivity contribution in [3.05, 3.63) is 23.9 Å². The van der Waals surface area contributed by atoms with E-state index in [1.54, 1.807) is 7.11 Å². The molecule has 0 atom stereocenters. The molecule has 0 unspecified atom stereocenters. The van der Waals surface area contributed by atoms with Crippen molar-refractivity contribution in [1.29, 1.82) is 0 Å². The summed E-state index contributed by atoms with van der Waals surface area (Å²) in [6.45, 7) is 3.36. The van der Waals surface area contributed by atoms with Gasteiger partial charge in [0.2, 0.25) is 5.88 Å². The molecule has 1 heterocycles. The van der Waals surface area contributed by atoms with Crippen LogP contribution in [0.4, 0.5) is 0 Å². The minimum Gasteiger partial charge on any atom is -0.481 e. The van der Waals surface area contributed by atoms with Crippen molar-refractivity contribution >= 4 is 0 Å². The predicted molar refractivity (Wildman–Crippen MR) is 79.6 cm³/mol. The van der Waals surface area contributed by atoms with E-state index in [0.717, 1.165) is 24.5 Å². The molecule has 1 fully saturated rings. The summed E-state index contributed by atoms with van der Waals surface area (Å²) in [4.78, 5) is 4.38. The number of nitrogens with two attached hydrogens (primary N) is 1. The molecule has 1 aliphatic carbocycles. The van der Waals surface area contributed by atoms with Gasteiger partial charge in [0.05, 0.1) is 25.0 Å². The zero-order valence-corrected chi connectivity index (χ0v) is 12.6. The van der Waals surface area contributed by atoms with Crippen molar-refractivity contribution in [2.75, 3.05) is 13.7 Å². The lowest BCUT2D eigenvalue weighted by atomic mass is 9.77. The quantitative estimate of drug-likeness (QED) is 0.869. The molecule has 1 aliphatic rings. The standard InChI is InChI=1S/C16H26N2O2/c1-3-13-7-9-16(12-17,10-8-13)20-11-14-5-4-6-15(18-14)19-2/h4-6,13H,3,7-12,17H2,1-2H3. The second-order valence-electron chi connectivity index (χ2n) is 5.70. The van der Waals surface area contributed by atoms with Gasteiger partial charge in [-0.25, -0.2) is 4.98 Å². The van der Waals surface area contributed by atoms with E-state index in [1.807, 2.05) is 18.2 Å². The Morgan fingerprint density at radius 3 is 2.70 bits per heavy atom. The van der Waals surface area contributed by atoms with Gasteiger partial charge in [-0.05, 0) is 37.7 Å². The molecule has 4 heteroatoms. The molecule has 2 N–H and O–H groups in total. The van der Waals surface area contributed by atoms with Crippen LogP contribution in [0, 0.1) is 5.92 Å². The molecule has 20 heavy (non-hydrogen) atoms. The molecule has 0 spiro atoms. The number of hydrogen-bond donors (Lipinski definition) is 1. The molecule has 112 valence electrons. The van der Waals surface area contributed by atoms with E-state index in [2.05, 4.69) is 11.9 Å². The summed E-state index contributed by atoms with van der Waals surface area (Å²) in [6.07, 6.45) is 5.83. The van der Waals surface area contributed by atoms with Crippen molar-refractivity contribution in [1.82, 2.24) is 4.98 Å². The summed E-state index contributed by atoms with van der Waals surface area (Å²) in [5.74, 6) is 1.47. The first-order chi connectivity index (χ1) is 9.71. The molecule has 0 amide bonds. The molecule has 0 radical (unpaired) electrons. The Morgan fingerprint density at radius 2 is 2.10 bits per heavy atom. The number of aromatic nitrogens is 1. The fraction of sp³-hybridized carbons (Fsp3) is 0.688. The van der Waals surface area contributed by atoms with Crippen LogP contribution >= 0.6 is 0 Å². The van der Waals surface area contributed by atoms with E-state index in [9.17, 15) is 0 Å². The topological polar surface area (TPSA) is 57.4 Å². The third-order valence-corrected chi connectivity index (χ3v) is 4.48. The highest BCUT2D eigenvalue weighted by molar-refractivity contribution is 5.15. The minimum atomic E-state index is -0.156. The van der Waals surface area contributed by atoms with Gasteiger partial charge < -0.3 is 15.2 Å². The summed E-state index contributed by atoms with van der Waals surface area (Å²) in [6, 6.07) is 5.74. The fourth-order valence-electron chi connectivity index (χ4n) is 2.90. The lowest BCUT2D eigenvalue weighted by Gasteiger charge is -2.39. The molecular formula is C16H26N2O2. The summed E-state index contributed by atoms with van der Waals surface area (Å²) in [5.41, 5.74) is 6.72. The van der Waals surface area contributed by atoms with E-state index in [0.29, 0.717) is 19.0 Å². The van der Waals surface area contributed by atoms with Gasteiger partial charge in [0.25, 0.3) is 0 Å². The SMILES string of the molecule is CCC1CCC(CN)(OCc2cccc(OC)n2)CC1. The Kier molecular flexibility index (Phi) is 5.38. The van der Waals surface area contributed by atoms with Crippen LogP contribution in [0.15, 0.2) is 18.2 Å². The second kappa shape index (κ2) is 7.04. The largest absolute Gasteiger partial charge is 0.481 e. The van der Waals surface area contributed by atoms with Gasteiger partial charge in [0, 0.05) is 12.6 Å². The molecule has 0 aromatic carbocycles. The molecule has 0 saturated heterocycles. The maximum Gasteiger partial charge on any atom is 0.213 e. The number of methoxy groups -OCH3 is 1. The first-order valence-electron chi connectivity index (χ1n) is 7.55. The van der Waals surface area contributed by atoms with Gasteiger partial charge in [0.1, 0.15) is 0 Å². The Morgan fingerprint density at radius 1 is 1.35 bits per heavy atom. The van der Waals surface area contributed by atoms with Crippen LogP contribution in [-0.4, -0.2) is 24.2 Å². The summed E-state index contributed by atoms with van der Waals surface area (Å²) >= 11 is 0. The van der Waals surface area contributed by atoms with Crippen LogP contribution in [0.2, 0.25) is 0 Å². The van der Waals surface area contributed by atoms with Crippen LogP contribution in [0.3, 0.4) is 0 Å². The van der Waals surface area contributed by atoms with Gasteiger partial charge in [0.15, 0.2) is 0 Å². The van der Waals surface area contributed by atoms with Gasteiger partial charge >= 0.3 is 0 Å². The third kappa shape index (κ3) is 3.70. The average molecular weight is 278 g/mol.